The Kier molecular flexibility index (Phi) is 10.3. The minimum atomic E-state index is -4.91. The first-order valence-corrected chi connectivity index (χ1v) is 10.1. The number of rotatable bonds is 10. The summed E-state index contributed by atoms with van der Waals surface area (Å²) in [6.07, 6.45) is 5.56. The SMILES string of the molecule is COC(=O)[C@@]1(CC/C=C(\C)CCNC(=O)C(F)(F)F)C(=O)CC[C@H]1/C=C/C=C/CCl. The zero-order valence-corrected chi connectivity index (χ0v) is 17.8. The Morgan fingerprint density at radius 2 is 2.03 bits per heavy atom. The Morgan fingerprint density at radius 1 is 1.33 bits per heavy atom. The lowest BCUT2D eigenvalue weighted by Crippen LogP contribution is -2.41. The summed E-state index contributed by atoms with van der Waals surface area (Å²) < 4.78 is 41.5. The van der Waals surface area contributed by atoms with E-state index in [0.29, 0.717) is 18.7 Å². The quantitative estimate of drug-likeness (QED) is 0.178. The van der Waals surface area contributed by atoms with Gasteiger partial charge in [0.1, 0.15) is 5.41 Å². The van der Waals surface area contributed by atoms with E-state index in [2.05, 4.69) is 0 Å². The van der Waals surface area contributed by atoms with E-state index < -0.39 is 23.5 Å². The summed E-state index contributed by atoms with van der Waals surface area (Å²) in [5.41, 5.74) is -0.526. The molecular weight excluding hydrogens is 423 g/mol. The van der Waals surface area contributed by atoms with Crippen LogP contribution < -0.4 is 5.32 Å². The molecule has 1 fully saturated rings. The van der Waals surface area contributed by atoms with Crippen LogP contribution in [0.2, 0.25) is 0 Å². The molecule has 0 aliphatic heterocycles. The molecule has 2 atom stereocenters. The summed E-state index contributed by atoms with van der Waals surface area (Å²) in [7, 11) is 1.24. The van der Waals surface area contributed by atoms with Crippen molar-refractivity contribution in [2.45, 2.75) is 45.2 Å². The molecule has 0 aromatic carbocycles. The van der Waals surface area contributed by atoms with Crippen molar-refractivity contribution in [1.29, 1.82) is 0 Å². The molecule has 0 spiro atoms. The van der Waals surface area contributed by atoms with E-state index in [4.69, 9.17) is 16.3 Å². The molecule has 0 bridgehead atoms. The smallest absolute Gasteiger partial charge is 0.468 e. The number of allylic oxidation sites excluding steroid dienone is 5. The van der Waals surface area contributed by atoms with E-state index in [1.54, 1.807) is 31.2 Å². The van der Waals surface area contributed by atoms with Gasteiger partial charge in [0.05, 0.1) is 7.11 Å². The fourth-order valence-electron chi connectivity index (χ4n) is 3.55. The van der Waals surface area contributed by atoms with Crippen molar-refractivity contribution >= 4 is 29.3 Å². The number of hydrogen-bond acceptors (Lipinski definition) is 4. The summed E-state index contributed by atoms with van der Waals surface area (Å²) >= 11 is 5.59. The Labute approximate surface area is 179 Å². The lowest BCUT2D eigenvalue weighted by atomic mass is 9.73. The number of ketones is 1. The number of alkyl halides is 4. The number of carbonyl (C=O) groups excluding carboxylic acids is 3. The zero-order chi connectivity index (χ0) is 22.8. The molecule has 9 heteroatoms. The molecule has 168 valence electrons. The highest BCUT2D eigenvalue weighted by molar-refractivity contribution is 6.18. The number of ether oxygens (including phenoxy) is 1. The van der Waals surface area contributed by atoms with E-state index in [9.17, 15) is 27.6 Å². The summed E-state index contributed by atoms with van der Waals surface area (Å²) in [5, 5.41) is 1.81. The average Bonchev–Trinajstić information content (AvgIpc) is 3.00. The van der Waals surface area contributed by atoms with Gasteiger partial charge in [0.2, 0.25) is 0 Å². The topological polar surface area (TPSA) is 72.5 Å². The number of carbonyl (C=O) groups is 3. The molecule has 0 saturated heterocycles. The summed E-state index contributed by atoms with van der Waals surface area (Å²) in [6, 6.07) is 0. The lowest BCUT2D eigenvalue weighted by Gasteiger charge is -2.29. The normalized spacial score (nSPS) is 22.8. The molecule has 1 aliphatic rings. The third kappa shape index (κ3) is 7.00. The van der Waals surface area contributed by atoms with Gasteiger partial charge in [-0.15, -0.1) is 11.6 Å². The van der Waals surface area contributed by atoms with E-state index >= 15 is 0 Å². The van der Waals surface area contributed by atoms with Gasteiger partial charge in [-0.25, -0.2) is 0 Å². The van der Waals surface area contributed by atoms with Crippen molar-refractivity contribution < 1.29 is 32.3 Å². The second-order valence-corrected chi connectivity index (χ2v) is 7.40. The molecular formula is C21H27ClF3NO4. The molecule has 5 nitrogen and oxygen atoms in total. The van der Waals surface area contributed by atoms with Gasteiger partial charge in [0.25, 0.3) is 0 Å². The maximum Gasteiger partial charge on any atom is 0.471 e. The second kappa shape index (κ2) is 11.9. The van der Waals surface area contributed by atoms with E-state index in [1.165, 1.54) is 7.11 Å². The Hall–Kier alpha value is -2.09. The van der Waals surface area contributed by atoms with Gasteiger partial charge in [-0.3, -0.25) is 14.4 Å². The van der Waals surface area contributed by atoms with Crippen LogP contribution in [0.25, 0.3) is 0 Å². The number of hydrogen-bond donors (Lipinski definition) is 1. The standard InChI is InChI=1S/C21H27ClF3NO4/c1-15(11-14-26-18(28)21(23,24)25)7-6-12-20(19(29)30-2)16(9-10-17(20)27)8-4-3-5-13-22/h3-5,7-8,16H,6,9-14H2,1-2H3,(H,26,28)/b5-3+,8-4+,15-7+/t16-,20-/m1/s1. The predicted octanol–water partition coefficient (Wildman–Crippen LogP) is 4.27. The summed E-state index contributed by atoms with van der Waals surface area (Å²) in [4.78, 5) is 36.1. The van der Waals surface area contributed by atoms with Crippen LogP contribution in [-0.4, -0.2) is 43.4 Å². The first-order chi connectivity index (χ1) is 14.1. The van der Waals surface area contributed by atoms with Crippen LogP contribution in [-0.2, 0) is 19.1 Å². The van der Waals surface area contributed by atoms with Gasteiger partial charge in [-0.2, -0.15) is 13.2 Å². The van der Waals surface area contributed by atoms with Crippen molar-refractivity contribution in [3.63, 3.8) is 0 Å². The van der Waals surface area contributed by atoms with E-state index in [-0.39, 0.29) is 37.5 Å². The monoisotopic (exact) mass is 449 g/mol. The summed E-state index contributed by atoms with van der Waals surface area (Å²) in [5.74, 6) is -2.69. The van der Waals surface area contributed by atoms with Crippen molar-refractivity contribution in [1.82, 2.24) is 5.32 Å². The van der Waals surface area contributed by atoms with Crippen molar-refractivity contribution in [3.05, 3.63) is 36.0 Å². The highest BCUT2D eigenvalue weighted by Crippen LogP contribution is 2.46. The maximum atomic E-state index is 12.7. The molecule has 1 saturated carbocycles. The minimum absolute atomic E-state index is 0.153. The van der Waals surface area contributed by atoms with Crippen LogP contribution in [0.4, 0.5) is 13.2 Å². The fourth-order valence-corrected chi connectivity index (χ4v) is 3.65. The second-order valence-electron chi connectivity index (χ2n) is 7.09. The number of nitrogens with one attached hydrogen (secondary N) is 1. The highest BCUT2D eigenvalue weighted by Gasteiger charge is 2.54. The molecule has 0 heterocycles. The van der Waals surface area contributed by atoms with Crippen LogP contribution >= 0.6 is 11.6 Å². The zero-order valence-electron chi connectivity index (χ0n) is 17.1. The van der Waals surface area contributed by atoms with Crippen LogP contribution in [0.1, 0.15) is 39.0 Å². The largest absolute Gasteiger partial charge is 0.471 e. The van der Waals surface area contributed by atoms with E-state index in [0.717, 1.165) is 5.57 Å². The van der Waals surface area contributed by atoms with Gasteiger partial charge in [0, 0.05) is 24.8 Å². The number of methoxy groups -OCH3 is 1. The van der Waals surface area contributed by atoms with Gasteiger partial charge in [0.15, 0.2) is 5.78 Å². The number of esters is 1. The van der Waals surface area contributed by atoms with Crippen LogP contribution in [0.5, 0.6) is 0 Å². The molecule has 0 unspecified atom stereocenters. The van der Waals surface area contributed by atoms with Crippen molar-refractivity contribution in [2.24, 2.45) is 11.3 Å². The molecule has 1 N–H and O–H groups in total. The average molecular weight is 450 g/mol. The van der Waals surface area contributed by atoms with Crippen LogP contribution in [0.3, 0.4) is 0 Å². The maximum absolute atomic E-state index is 12.7. The Balaban J connectivity index is 2.80. The third-order valence-corrected chi connectivity index (χ3v) is 5.31. The Bertz CT molecular complexity index is 716. The third-order valence-electron chi connectivity index (χ3n) is 5.14. The predicted molar refractivity (Wildman–Crippen MR) is 108 cm³/mol. The molecule has 1 aliphatic carbocycles. The van der Waals surface area contributed by atoms with Crippen LogP contribution in [0, 0.1) is 11.3 Å². The molecule has 0 aromatic rings. The number of Topliss-reactive ketones (excluding diaryl/α,β-unsaturated/α-hetero) is 1. The van der Waals surface area contributed by atoms with E-state index in [1.807, 2.05) is 11.4 Å². The molecule has 0 aromatic heterocycles. The minimum Gasteiger partial charge on any atom is -0.468 e. The first kappa shape index (κ1) is 25.9. The molecule has 30 heavy (non-hydrogen) atoms. The van der Waals surface area contributed by atoms with Crippen molar-refractivity contribution in [2.75, 3.05) is 19.5 Å². The molecule has 1 amide bonds. The Morgan fingerprint density at radius 3 is 2.63 bits per heavy atom. The number of halogens is 4. The first-order valence-electron chi connectivity index (χ1n) is 9.61. The highest BCUT2D eigenvalue weighted by atomic mass is 35.5. The van der Waals surface area contributed by atoms with Crippen LogP contribution in [0.15, 0.2) is 36.0 Å². The molecule has 1 rings (SSSR count). The lowest BCUT2D eigenvalue weighted by molar-refractivity contribution is -0.173. The van der Waals surface area contributed by atoms with Gasteiger partial charge in [-0.05, 0) is 32.6 Å². The van der Waals surface area contributed by atoms with Gasteiger partial charge in [-0.1, -0.05) is 36.0 Å². The number of amides is 1. The van der Waals surface area contributed by atoms with Crippen molar-refractivity contribution in [3.8, 4) is 0 Å². The molecule has 0 radical (unpaired) electrons. The van der Waals surface area contributed by atoms with Gasteiger partial charge >= 0.3 is 18.1 Å². The van der Waals surface area contributed by atoms with Gasteiger partial charge < -0.3 is 10.1 Å². The fraction of sp³-hybridized carbons (Fsp3) is 0.571. The summed E-state index contributed by atoms with van der Waals surface area (Å²) in [6.45, 7) is 1.56.